The molecule has 0 atom stereocenters. The highest BCUT2D eigenvalue weighted by molar-refractivity contribution is 5.94. The molecule has 1 saturated carbocycles. The van der Waals surface area contributed by atoms with Crippen LogP contribution >= 0.6 is 0 Å². The van der Waals surface area contributed by atoms with Crippen LogP contribution in [-0.2, 0) is 0 Å². The standard InChI is InChI=1S/C23H30N4O/c28-23(26-19-7-3-1-4-8-19)18-9-14-22(24-17-18)25-20-10-12-21(13-11-20)27-15-5-2-6-16-27/h9-14,17,19H,1-8,15-16H2,(H,24,25)(H,26,28). The van der Waals surface area contributed by atoms with E-state index in [1.54, 1.807) is 6.20 Å². The van der Waals surface area contributed by atoms with Crippen LogP contribution in [0.1, 0.15) is 61.7 Å². The van der Waals surface area contributed by atoms with Crippen LogP contribution < -0.4 is 15.5 Å². The second-order valence-corrected chi connectivity index (χ2v) is 7.96. The van der Waals surface area contributed by atoms with Gasteiger partial charge >= 0.3 is 0 Å². The van der Waals surface area contributed by atoms with Crippen LogP contribution in [0.5, 0.6) is 0 Å². The topological polar surface area (TPSA) is 57.3 Å². The highest BCUT2D eigenvalue weighted by atomic mass is 16.1. The normalized spacial score (nSPS) is 17.9. The molecule has 1 saturated heterocycles. The fourth-order valence-corrected chi connectivity index (χ4v) is 4.17. The van der Waals surface area contributed by atoms with E-state index >= 15 is 0 Å². The van der Waals surface area contributed by atoms with Crippen molar-refractivity contribution in [3.63, 3.8) is 0 Å². The molecular formula is C23H30N4O. The first-order chi connectivity index (χ1) is 13.8. The fourth-order valence-electron chi connectivity index (χ4n) is 4.17. The van der Waals surface area contributed by atoms with Crippen molar-refractivity contribution in [2.75, 3.05) is 23.3 Å². The highest BCUT2D eigenvalue weighted by Crippen LogP contribution is 2.23. The lowest BCUT2D eigenvalue weighted by molar-refractivity contribution is 0.0927. The molecule has 4 rings (SSSR count). The Morgan fingerprint density at radius 2 is 1.61 bits per heavy atom. The summed E-state index contributed by atoms with van der Waals surface area (Å²) in [6, 6.07) is 12.5. The van der Waals surface area contributed by atoms with Gasteiger partial charge in [-0.15, -0.1) is 0 Å². The Balaban J connectivity index is 1.33. The van der Waals surface area contributed by atoms with Gasteiger partial charge in [-0.05, 0) is 68.5 Å². The number of piperidine rings is 1. The third-order valence-electron chi connectivity index (χ3n) is 5.83. The summed E-state index contributed by atoms with van der Waals surface area (Å²) >= 11 is 0. The van der Waals surface area contributed by atoms with Crippen molar-refractivity contribution in [1.82, 2.24) is 10.3 Å². The molecule has 1 aliphatic carbocycles. The molecule has 2 aromatic rings. The molecule has 5 heteroatoms. The van der Waals surface area contributed by atoms with Crippen molar-refractivity contribution in [2.45, 2.75) is 57.4 Å². The van der Waals surface area contributed by atoms with Crippen LogP contribution in [0.3, 0.4) is 0 Å². The zero-order chi connectivity index (χ0) is 19.2. The summed E-state index contributed by atoms with van der Waals surface area (Å²) < 4.78 is 0. The molecule has 28 heavy (non-hydrogen) atoms. The van der Waals surface area contributed by atoms with Gasteiger partial charge in [0.15, 0.2) is 0 Å². The molecule has 2 heterocycles. The lowest BCUT2D eigenvalue weighted by atomic mass is 9.95. The number of anilines is 3. The number of hydrogen-bond donors (Lipinski definition) is 2. The summed E-state index contributed by atoms with van der Waals surface area (Å²) in [5.41, 5.74) is 2.91. The molecule has 1 aromatic carbocycles. The molecule has 0 unspecified atom stereocenters. The molecule has 1 aromatic heterocycles. The molecule has 5 nitrogen and oxygen atoms in total. The van der Waals surface area contributed by atoms with Gasteiger partial charge in [0, 0.05) is 36.7 Å². The number of hydrogen-bond acceptors (Lipinski definition) is 4. The van der Waals surface area contributed by atoms with Gasteiger partial charge in [0.2, 0.25) is 0 Å². The number of nitrogens with zero attached hydrogens (tertiary/aromatic N) is 2. The lowest BCUT2D eigenvalue weighted by Gasteiger charge is -2.28. The van der Waals surface area contributed by atoms with Gasteiger partial charge < -0.3 is 15.5 Å². The Labute approximate surface area is 167 Å². The molecular weight excluding hydrogens is 348 g/mol. The smallest absolute Gasteiger partial charge is 0.253 e. The summed E-state index contributed by atoms with van der Waals surface area (Å²) in [4.78, 5) is 19.3. The number of rotatable bonds is 5. The van der Waals surface area contributed by atoms with Crippen LogP contribution in [0.4, 0.5) is 17.2 Å². The van der Waals surface area contributed by atoms with E-state index in [1.807, 2.05) is 12.1 Å². The van der Waals surface area contributed by atoms with Crippen LogP contribution in [0.15, 0.2) is 42.6 Å². The number of carbonyl (C=O) groups is 1. The maximum Gasteiger partial charge on any atom is 0.253 e. The van der Waals surface area contributed by atoms with Gasteiger partial charge in [-0.3, -0.25) is 4.79 Å². The van der Waals surface area contributed by atoms with E-state index in [4.69, 9.17) is 0 Å². The van der Waals surface area contributed by atoms with Gasteiger partial charge in [0.1, 0.15) is 5.82 Å². The minimum atomic E-state index is -0.0168. The third kappa shape index (κ3) is 4.83. The van der Waals surface area contributed by atoms with E-state index in [-0.39, 0.29) is 5.91 Å². The van der Waals surface area contributed by atoms with Gasteiger partial charge in [-0.1, -0.05) is 19.3 Å². The summed E-state index contributed by atoms with van der Waals surface area (Å²) in [5, 5.41) is 6.46. The predicted molar refractivity (Wildman–Crippen MR) is 114 cm³/mol. The Morgan fingerprint density at radius 1 is 0.893 bits per heavy atom. The first-order valence-corrected chi connectivity index (χ1v) is 10.7. The molecule has 2 fully saturated rings. The number of amides is 1. The van der Waals surface area contributed by atoms with Gasteiger partial charge in [0.05, 0.1) is 5.56 Å². The van der Waals surface area contributed by atoms with E-state index in [0.29, 0.717) is 11.6 Å². The number of pyridine rings is 1. The SMILES string of the molecule is O=C(NC1CCCCC1)c1ccc(Nc2ccc(N3CCCCC3)cc2)nc1. The van der Waals surface area contributed by atoms with Gasteiger partial charge in [-0.25, -0.2) is 4.98 Å². The molecule has 1 amide bonds. The summed E-state index contributed by atoms with van der Waals surface area (Å²) in [6.07, 6.45) is 11.4. The van der Waals surface area contributed by atoms with Crippen molar-refractivity contribution in [2.24, 2.45) is 0 Å². The Hall–Kier alpha value is -2.56. The molecule has 1 aliphatic heterocycles. The van der Waals surface area contributed by atoms with Crippen molar-refractivity contribution in [3.05, 3.63) is 48.2 Å². The lowest BCUT2D eigenvalue weighted by Crippen LogP contribution is -2.36. The Morgan fingerprint density at radius 3 is 2.29 bits per heavy atom. The summed E-state index contributed by atoms with van der Waals surface area (Å²) in [7, 11) is 0. The monoisotopic (exact) mass is 378 g/mol. The van der Waals surface area contributed by atoms with E-state index < -0.39 is 0 Å². The second-order valence-electron chi connectivity index (χ2n) is 7.96. The van der Waals surface area contributed by atoms with E-state index in [9.17, 15) is 4.79 Å². The predicted octanol–water partition coefficient (Wildman–Crippen LogP) is 4.88. The van der Waals surface area contributed by atoms with Crippen LogP contribution in [0.2, 0.25) is 0 Å². The second kappa shape index (κ2) is 9.09. The first-order valence-electron chi connectivity index (χ1n) is 10.7. The molecule has 0 bridgehead atoms. The molecule has 148 valence electrons. The minimum Gasteiger partial charge on any atom is -0.372 e. The van der Waals surface area contributed by atoms with Crippen LogP contribution in [0.25, 0.3) is 0 Å². The number of benzene rings is 1. The number of carbonyl (C=O) groups excluding carboxylic acids is 1. The summed E-state index contributed by atoms with van der Waals surface area (Å²) in [6.45, 7) is 2.30. The van der Waals surface area contributed by atoms with E-state index in [2.05, 4.69) is 44.8 Å². The average molecular weight is 379 g/mol. The number of aromatic nitrogens is 1. The average Bonchev–Trinajstić information content (AvgIpc) is 2.76. The zero-order valence-electron chi connectivity index (χ0n) is 16.5. The summed E-state index contributed by atoms with van der Waals surface area (Å²) in [5.74, 6) is 0.733. The quantitative estimate of drug-likeness (QED) is 0.779. The highest BCUT2D eigenvalue weighted by Gasteiger charge is 2.17. The van der Waals surface area contributed by atoms with Crippen molar-refractivity contribution in [3.8, 4) is 0 Å². The van der Waals surface area contributed by atoms with E-state index in [0.717, 1.165) is 37.4 Å². The molecule has 0 radical (unpaired) electrons. The minimum absolute atomic E-state index is 0.0168. The zero-order valence-corrected chi connectivity index (χ0v) is 16.5. The molecule has 2 N–H and O–H groups in total. The number of nitrogens with one attached hydrogen (secondary N) is 2. The largest absolute Gasteiger partial charge is 0.372 e. The Kier molecular flexibility index (Phi) is 6.10. The Bertz CT molecular complexity index is 760. The maximum atomic E-state index is 12.4. The third-order valence-corrected chi connectivity index (χ3v) is 5.83. The van der Waals surface area contributed by atoms with Crippen LogP contribution in [0, 0.1) is 0 Å². The molecule has 2 aliphatic rings. The van der Waals surface area contributed by atoms with Gasteiger partial charge in [-0.2, -0.15) is 0 Å². The maximum absolute atomic E-state index is 12.4. The van der Waals surface area contributed by atoms with Crippen molar-refractivity contribution in [1.29, 1.82) is 0 Å². The van der Waals surface area contributed by atoms with Crippen molar-refractivity contribution >= 4 is 23.1 Å². The van der Waals surface area contributed by atoms with Gasteiger partial charge in [0.25, 0.3) is 5.91 Å². The van der Waals surface area contributed by atoms with Crippen molar-refractivity contribution < 1.29 is 4.79 Å². The first kappa shape index (κ1) is 18.8. The fraction of sp³-hybridized carbons (Fsp3) is 0.478. The molecule has 0 spiro atoms. The van der Waals surface area contributed by atoms with Crippen LogP contribution in [-0.4, -0.2) is 30.0 Å². The van der Waals surface area contributed by atoms with E-state index in [1.165, 1.54) is 44.2 Å².